The van der Waals surface area contributed by atoms with Gasteiger partial charge in [0, 0.05) is 37.9 Å². The fraction of sp³-hybridized carbons (Fsp3) is 0.267. The first-order chi connectivity index (χ1) is 9.36. The van der Waals surface area contributed by atoms with Crippen molar-refractivity contribution in [3.05, 3.63) is 48.2 Å². The van der Waals surface area contributed by atoms with Crippen LogP contribution in [0.1, 0.15) is 10.6 Å². The number of anilines is 2. The van der Waals surface area contributed by atoms with Gasteiger partial charge in [-0.05, 0) is 18.2 Å². The van der Waals surface area contributed by atoms with E-state index >= 15 is 0 Å². The van der Waals surface area contributed by atoms with E-state index in [0.717, 1.165) is 38.3 Å². The summed E-state index contributed by atoms with van der Waals surface area (Å²) in [5.74, 6) is 1.18. The molecule has 0 unspecified atom stereocenters. The minimum atomic E-state index is 0.389. The van der Waals surface area contributed by atoms with E-state index < -0.39 is 0 Å². The number of hydrogen-bond acceptors (Lipinski definition) is 4. The van der Waals surface area contributed by atoms with Crippen LogP contribution >= 0.6 is 0 Å². The second-order valence-electron chi connectivity index (χ2n) is 4.60. The van der Waals surface area contributed by atoms with Crippen LogP contribution in [0.4, 0.5) is 11.6 Å². The molecule has 0 N–H and O–H groups in total. The predicted octanol–water partition coefficient (Wildman–Crippen LogP) is 2.42. The quantitative estimate of drug-likeness (QED) is 0.790. The summed E-state index contributed by atoms with van der Waals surface area (Å²) in [6.07, 6.45) is 0.740. The van der Waals surface area contributed by atoms with Crippen LogP contribution in [0, 0.1) is 0 Å². The topological polar surface area (TPSA) is 36.7 Å². The van der Waals surface area contributed by atoms with Crippen LogP contribution in [0.3, 0.4) is 0 Å². The lowest BCUT2D eigenvalue weighted by Gasteiger charge is -2.35. The van der Waals surface area contributed by atoms with Crippen LogP contribution in [0.25, 0.3) is 0 Å². The Morgan fingerprint density at radius 3 is 2.21 bits per heavy atom. The Bertz CT molecular complexity index is 542. The monoisotopic (exact) mass is 256 g/mol. The zero-order valence-corrected chi connectivity index (χ0v) is 10.7. The summed E-state index contributed by atoms with van der Waals surface area (Å²) in [4.78, 5) is 15.2. The van der Waals surface area contributed by atoms with E-state index in [1.54, 1.807) is 6.07 Å². The number of hydrogen-bond donors (Lipinski definition) is 0. The van der Waals surface area contributed by atoms with Gasteiger partial charge in [0.05, 0.1) is 0 Å². The number of nitrogens with zero attached hydrogens (tertiary/aromatic N) is 2. The molecule has 19 heavy (non-hydrogen) atoms. The lowest BCUT2D eigenvalue weighted by Crippen LogP contribution is -2.46. The average molecular weight is 256 g/mol. The molecule has 4 nitrogen and oxygen atoms in total. The van der Waals surface area contributed by atoms with Gasteiger partial charge in [0.25, 0.3) is 0 Å². The Morgan fingerprint density at radius 1 is 0.895 bits per heavy atom. The summed E-state index contributed by atoms with van der Waals surface area (Å²) >= 11 is 0. The van der Waals surface area contributed by atoms with E-state index in [9.17, 15) is 4.79 Å². The molecule has 0 amide bonds. The minimum absolute atomic E-state index is 0.389. The summed E-state index contributed by atoms with van der Waals surface area (Å²) in [7, 11) is 0. The highest BCUT2D eigenvalue weighted by atomic mass is 16.4. The van der Waals surface area contributed by atoms with Crippen LogP contribution in [0.5, 0.6) is 0 Å². The highest BCUT2D eigenvalue weighted by Crippen LogP contribution is 2.21. The molecule has 4 heteroatoms. The van der Waals surface area contributed by atoms with E-state index in [1.807, 2.05) is 12.1 Å². The number of benzene rings is 1. The summed E-state index contributed by atoms with van der Waals surface area (Å²) < 4.78 is 5.45. The number of carbonyl (C=O) groups is 1. The molecule has 1 aromatic heterocycles. The molecular weight excluding hydrogens is 240 g/mol. The Balaban J connectivity index is 1.65. The average Bonchev–Trinajstić information content (AvgIpc) is 2.97. The molecule has 3 rings (SSSR count). The third-order valence-electron chi connectivity index (χ3n) is 3.44. The van der Waals surface area contributed by atoms with Crippen molar-refractivity contribution in [3.63, 3.8) is 0 Å². The lowest BCUT2D eigenvalue weighted by molar-refractivity contribution is 0.110. The van der Waals surface area contributed by atoms with Gasteiger partial charge in [0.15, 0.2) is 17.9 Å². The van der Waals surface area contributed by atoms with Crippen molar-refractivity contribution in [2.45, 2.75) is 0 Å². The summed E-state index contributed by atoms with van der Waals surface area (Å²) in [5, 5.41) is 0. The maximum absolute atomic E-state index is 10.6. The highest BCUT2D eigenvalue weighted by molar-refractivity contribution is 5.71. The van der Waals surface area contributed by atoms with Gasteiger partial charge in [0.1, 0.15) is 0 Å². The Labute approximate surface area is 112 Å². The van der Waals surface area contributed by atoms with Gasteiger partial charge in [-0.2, -0.15) is 0 Å². The van der Waals surface area contributed by atoms with Gasteiger partial charge in [-0.25, -0.2) is 0 Å². The van der Waals surface area contributed by atoms with Gasteiger partial charge >= 0.3 is 0 Å². The molecule has 98 valence electrons. The fourth-order valence-corrected chi connectivity index (χ4v) is 2.40. The van der Waals surface area contributed by atoms with Gasteiger partial charge < -0.3 is 14.2 Å². The van der Waals surface area contributed by atoms with Crippen molar-refractivity contribution in [3.8, 4) is 0 Å². The lowest BCUT2D eigenvalue weighted by atomic mass is 10.2. The van der Waals surface area contributed by atoms with Crippen LogP contribution in [0.2, 0.25) is 0 Å². The van der Waals surface area contributed by atoms with Gasteiger partial charge in [0.2, 0.25) is 0 Å². The van der Waals surface area contributed by atoms with Crippen molar-refractivity contribution in [1.82, 2.24) is 0 Å². The second-order valence-corrected chi connectivity index (χ2v) is 4.60. The van der Waals surface area contributed by atoms with Crippen LogP contribution in [0.15, 0.2) is 46.9 Å². The van der Waals surface area contributed by atoms with Crippen molar-refractivity contribution in [2.24, 2.45) is 0 Å². The van der Waals surface area contributed by atoms with Gasteiger partial charge in [-0.3, -0.25) is 4.79 Å². The van der Waals surface area contributed by atoms with E-state index in [0.29, 0.717) is 5.76 Å². The molecule has 0 spiro atoms. The summed E-state index contributed by atoms with van der Waals surface area (Å²) in [5.41, 5.74) is 1.26. The predicted molar refractivity (Wildman–Crippen MR) is 75.0 cm³/mol. The van der Waals surface area contributed by atoms with Crippen LogP contribution in [-0.2, 0) is 0 Å². The molecule has 1 fully saturated rings. The van der Waals surface area contributed by atoms with Crippen molar-refractivity contribution in [1.29, 1.82) is 0 Å². The summed E-state index contributed by atoms with van der Waals surface area (Å²) in [6, 6.07) is 14.0. The highest BCUT2D eigenvalue weighted by Gasteiger charge is 2.19. The molecule has 0 saturated carbocycles. The molecule has 1 aromatic carbocycles. The van der Waals surface area contributed by atoms with Crippen LogP contribution < -0.4 is 9.80 Å². The molecule has 1 aliphatic rings. The number of para-hydroxylation sites is 1. The second kappa shape index (κ2) is 5.18. The van der Waals surface area contributed by atoms with Crippen molar-refractivity contribution >= 4 is 17.9 Å². The normalized spacial score (nSPS) is 15.6. The molecule has 1 saturated heterocycles. The molecule has 0 aliphatic carbocycles. The maximum atomic E-state index is 10.6. The first kappa shape index (κ1) is 11.8. The first-order valence-corrected chi connectivity index (χ1v) is 6.47. The van der Waals surface area contributed by atoms with E-state index in [-0.39, 0.29) is 0 Å². The number of rotatable bonds is 3. The van der Waals surface area contributed by atoms with Crippen LogP contribution in [-0.4, -0.2) is 32.5 Å². The van der Waals surface area contributed by atoms with Gasteiger partial charge in [-0.1, -0.05) is 18.2 Å². The third-order valence-corrected chi connectivity index (χ3v) is 3.44. The van der Waals surface area contributed by atoms with Crippen molar-refractivity contribution in [2.75, 3.05) is 36.0 Å². The third kappa shape index (κ3) is 2.47. The Morgan fingerprint density at radius 2 is 1.58 bits per heavy atom. The van der Waals surface area contributed by atoms with E-state index in [4.69, 9.17) is 4.42 Å². The fourth-order valence-electron chi connectivity index (χ4n) is 2.40. The Hall–Kier alpha value is -2.23. The molecule has 0 radical (unpaired) electrons. The Kier molecular flexibility index (Phi) is 3.23. The molecular formula is C15H16N2O2. The van der Waals surface area contributed by atoms with E-state index in [1.165, 1.54) is 5.69 Å². The SMILES string of the molecule is O=Cc1ccc(N2CCN(c3ccccc3)CC2)o1. The zero-order valence-electron chi connectivity index (χ0n) is 10.7. The zero-order chi connectivity index (χ0) is 13.1. The maximum Gasteiger partial charge on any atom is 0.196 e. The van der Waals surface area contributed by atoms with Crippen molar-refractivity contribution < 1.29 is 9.21 Å². The smallest absolute Gasteiger partial charge is 0.196 e. The van der Waals surface area contributed by atoms with E-state index in [2.05, 4.69) is 34.1 Å². The summed E-state index contributed by atoms with van der Waals surface area (Å²) in [6.45, 7) is 3.73. The molecule has 2 heterocycles. The molecule has 0 bridgehead atoms. The molecule has 0 atom stereocenters. The molecule has 2 aromatic rings. The first-order valence-electron chi connectivity index (χ1n) is 6.47. The van der Waals surface area contributed by atoms with Gasteiger partial charge in [-0.15, -0.1) is 0 Å². The number of furan rings is 1. The number of aldehydes is 1. The number of piperazine rings is 1. The number of carbonyl (C=O) groups excluding carboxylic acids is 1. The standard InChI is InChI=1S/C15H16N2O2/c18-12-14-6-7-15(19-14)17-10-8-16(9-11-17)13-4-2-1-3-5-13/h1-7,12H,8-11H2. The largest absolute Gasteiger partial charge is 0.438 e. The minimum Gasteiger partial charge on any atom is -0.438 e. The molecule has 1 aliphatic heterocycles.